The van der Waals surface area contributed by atoms with E-state index in [1.165, 1.54) is 0 Å². The molecular formula is C9H16N4. The van der Waals surface area contributed by atoms with E-state index in [4.69, 9.17) is 11.5 Å². The van der Waals surface area contributed by atoms with Gasteiger partial charge in [0.05, 0.1) is 0 Å². The number of nitrogen functional groups attached to an aromatic ring is 2. The van der Waals surface area contributed by atoms with Crippen molar-refractivity contribution >= 4 is 11.6 Å². The van der Waals surface area contributed by atoms with Crippen LogP contribution in [0, 0.1) is 0 Å². The summed E-state index contributed by atoms with van der Waals surface area (Å²) in [6.45, 7) is 4.22. The number of nitrogens with zero attached hydrogens (tertiary/aromatic N) is 2. The number of aromatic nitrogens is 2. The van der Waals surface area contributed by atoms with Crippen molar-refractivity contribution in [1.82, 2.24) is 9.97 Å². The lowest BCUT2D eigenvalue weighted by Crippen LogP contribution is -2.07. The molecule has 0 amide bonds. The molecule has 0 bridgehead atoms. The maximum absolute atomic E-state index is 5.58. The third-order valence-electron chi connectivity index (χ3n) is 2.13. The summed E-state index contributed by atoms with van der Waals surface area (Å²) in [5.41, 5.74) is 11.2. The van der Waals surface area contributed by atoms with Crippen LogP contribution in [0.2, 0.25) is 0 Å². The molecule has 0 radical (unpaired) electrons. The largest absolute Gasteiger partial charge is 0.384 e. The molecule has 1 heterocycles. The topological polar surface area (TPSA) is 77.8 Å². The fourth-order valence-corrected chi connectivity index (χ4v) is 1.34. The van der Waals surface area contributed by atoms with Gasteiger partial charge in [0.1, 0.15) is 17.5 Å². The second-order valence-corrected chi connectivity index (χ2v) is 3.09. The molecule has 72 valence electrons. The predicted octanol–water partition coefficient (Wildman–Crippen LogP) is 1.54. The summed E-state index contributed by atoms with van der Waals surface area (Å²) in [6.07, 6.45) is 2.03. The Balaban J connectivity index is 2.99. The van der Waals surface area contributed by atoms with Crippen LogP contribution in [0.5, 0.6) is 0 Å². The number of rotatable bonds is 3. The van der Waals surface area contributed by atoms with Crippen molar-refractivity contribution in [3.63, 3.8) is 0 Å². The van der Waals surface area contributed by atoms with Gasteiger partial charge in [-0.2, -0.15) is 0 Å². The molecule has 0 aliphatic carbocycles. The van der Waals surface area contributed by atoms with Gasteiger partial charge in [0, 0.05) is 12.0 Å². The molecular weight excluding hydrogens is 164 g/mol. The maximum Gasteiger partial charge on any atom is 0.136 e. The lowest BCUT2D eigenvalue weighted by atomic mass is 10.0. The molecule has 13 heavy (non-hydrogen) atoms. The first-order valence-electron chi connectivity index (χ1n) is 4.57. The lowest BCUT2D eigenvalue weighted by molar-refractivity contribution is 0.604. The minimum absolute atomic E-state index is 0.366. The van der Waals surface area contributed by atoms with Gasteiger partial charge in [-0.3, -0.25) is 0 Å². The molecule has 0 aromatic carbocycles. The van der Waals surface area contributed by atoms with Crippen LogP contribution in [0.15, 0.2) is 6.07 Å². The van der Waals surface area contributed by atoms with E-state index < -0.39 is 0 Å². The van der Waals surface area contributed by atoms with E-state index in [9.17, 15) is 0 Å². The molecule has 0 atom stereocenters. The van der Waals surface area contributed by atoms with E-state index in [1.54, 1.807) is 6.07 Å². The number of hydrogen-bond acceptors (Lipinski definition) is 4. The van der Waals surface area contributed by atoms with Crippen LogP contribution in [0.1, 0.15) is 38.4 Å². The van der Waals surface area contributed by atoms with Crippen molar-refractivity contribution in [2.75, 3.05) is 11.5 Å². The van der Waals surface area contributed by atoms with E-state index in [0.717, 1.165) is 18.7 Å². The molecule has 0 spiro atoms. The van der Waals surface area contributed by atoms with Crippen LogP contribution in [-0.2, 0) is 0 Å². The molecule has 0 unspecified atom stereocenters. The highest BCUT2D eigenvalue weighted by Crippen LogP contribution is 2.20. The Hall–Kier alpha value is -1.32. The van der Waals surface area contributed by atoms with Crippen LogP contribution < -0.4 is 11.5 Å². The summed E-state index contributed by atoms with van der Waals surface area (Å²) < 4.78 is 0. The normalized spacial score (nSPS) is 10.7. The maximum atomic E-state index is 5.58. The van der Waals surface area contributed by atoms with E-state index in [1.807, 2.05) is 0 Å². The molecule has 4 N–H and O–H groups in total. The van der Waals surface area contributed by atoms with Crippen molar-refractivity contribution < 1.29 is 0 Å². The first kappa shape index (κ1) is 9.77. The molecule has 0 saturated carbocycles. The van der Waals surface area contributed by atoms with Gasteiger partial charge < -0.3 is 11.5 Å². The summed E-state index contributed by atoms with van der Waals surface area (Å²) >= 11 is 0. The molecule has 0 saturated heterocycles. The zero-order valence-electron chi connectivity index (χ0n) is 8.12. The monoisotopic (exact) mass is 180 g/mol. The van der Waals surface area contributed by atoms with Gasteiger partial charge in [0.2, 0.25) is 0 Å². The molecule has 1 aromatic rings. The Morgan fingerprint density at radius 2 is 1.62 bits per heavy atom. The summed E-state index contributed by atoms with van der Waals surface area (Å²) in [5.74, 6) is 2.04. The second kappa shape index (κ2) is 4.07. The second-order valence-electron chi connectivity index (χ2n) is 3.09. The third-order valence-corrected chi connectivity index (χ3v) is 2.13. The van der Waals surface area contributed by atoms with Crippen molar-refractivity contribution in [2.45, 2.75) is 32.6 Å². The van der Waals surface area contributed by atoms with Gasteiger partial charge in [-0.1, -0.05) is 13.8 Å². The molecule has 1 rings (SSSR count). The molecule has 0 fully saturated rings. The fourth-order valence-electron chi connectivity index (χ4n) is 1.34. The minimum atomic E-state index is 0.366. The average molecular weight is 180 g/mol. The zero-order valence-corrected chi connectivity index (χ0v) is 8.12. The molecule has 0 aliphatic heterocycles. The zero-order chi connectivity index (χ0) is 9.84. The van der Waals surface area contributed by atoms with Crippen LogP contribution >= 0.6 is 0 Å². The third kappa shape index (κ3) is 2.31. The number of hydrogen-bond donors (Lipinski definition) is 2. The Bertz CT molecular complexity index is 261. The Labute approximate surface area is 78.4 Å². The number of nitrogens with two attached hydrogens (primary N) is 2. The van der Waals surface area contributed by atoms with Crippen LogP contribution in [-0.4, -0.2) is 9.97 Å². The summed E-state index contributed by atoms with van der Waals surface area (Å²) in [5, 5.41) is 0. The average Bonchev–Trinajstić information content (AvgIpc) is 2.04. The van der Waals surface area contributed by atoms with Crippen LogP contribution in [0.3, 0.4) is 0 Å². The van der Waals surface area contributed by atoms with Gasteiger partial charge in [-0.05, 0) is 12.8 Å². The number of anilines is 2. The molecule has 1 aromatic heterocycles. The van der Waals surface area contributed by atoms with Gasteiger partial charge in [0.15, 0.2) is 0 Å². The summed E-state index contributed by atoms with van der Waals surface area (Å²) in [4.78, 5) is 8.33. The fraction of sp³-hybridized carbons (Fsp3) is 0.556. The summed E-state index contributed by atoms with van der Waals surface area (Å²) in [7, 11) is 0. The van der Waals surface area contributed by atoms with E-state index in [-0.39, 0.29) is 0 Å². The highest BCUT2D eigenvalue weighted by Gasteiger charge is 2.10. The standard InChI is InChI=1S/C9H16N4/c1-3-6(4-2)9-12-7(10)5-8(11)13-9/h5-6H,3-4H2,1-2H3,(H4,10,11,12,13). The van der Waals surface area contributed by atoms with Gasteiger partial charge in [0.25, 0.3) is 0 Å². The van der Waals surface area contributed by atoms with Crippen molar-refractivity contribution in [2.24, 2.45) is 0 Å². The minimum Gasteiger partial charge on any atom is -0.384 e. The van der Waals surface area contributed by atoms with Crippen LogP contribution in [0.25, 0.3) is 0 Å². The van der Waals surface area contributed by atoms with Crippen molar-refractivity contribution in [3.05, 3.63) is 11.9 Å². The highest BCUT2D eigenvalue weighted by molar-refractivity contribution is 5.41. The smallest absolute Gasteiger partial charge is 0.136 e. The van der Waals surface area contributed by atoms with Gasteiger partial charge >= 0.3 is 0 Å². The quantitative estimate of drug-likeness (QED) is 0.739. The first-order valence-corrected chi connectivity index (χ1v) is 4.57. The van der Waals surface area contributed by atoms with Crippen molar-refractivity contribution in [3.8, 4) is 0 Å². The first-order chi connectivity index (χ1) is 6.17. The SMILES string of the molecule is CCC(CC)c1nc(N)cc(N)n1. The van der Waals surface area contributed by atoms with Gasteiger partial charge in [-0.15, -0.1) is 0 Å². The van der Waals surface area contributed by atoms with E-state index in [2.05, 4.69) is 23.8 Å². The predicted molar refractivity (Wildman–Crippen MR) is 54.2 cm³/mol. The van der Waals surface area contributed by atoms with Gasteiger partial charge in [-0.25, -0.2) is 9.97 Å². The Morgan fingerprint density at radius 1 is 1.15 bits per heavy atom. The molecule has 4 heteroatoms. The van der Waals surface area contributed by atoms with Crippen LogP contribution in [0.4, 0.5) is 11.6 Å². The molecule has 0 aliphatic rings. The summed E-state index contributed by atoms with van der Waals surface area (Å²) in [6, 6.07) is 1.58. The van der Waals surface area contributed by atoms with E-state index in [0.29, 0.717) is 17.6 Å². The lowest BCUT2D eigenvalue weighted by Gasteiger charge is -2.11. The Kier molecular flexibility index (Phi) is 3.06. The van der Waals surface area contributed by atoms with Crippen molar-refractivity contribution in [1.29, 1.82) is 0 Å². The Morgan fingerprint density at radius 3 is 2.00 bits per heavy atom. The van der Waals surface area contributed by atoms with E-state index >= 15 is 0 Å². The molecule has 4 nitrogen and oxygen atoms in total. The highest BCUT2D eigenvalue weighted by atomic mass is 15.0.